The number of likely N-dealkylation sites (tertiary alicyclic amines) is 1. The van der Waals surface area contributed by atoms with Crippen LogP contribution >= 0.6 is 36.7 Å². The maximum absolute atomic E-state index is 17.3. The number of methoxy groups -OCH3 is 1. The van der Waals surface area contributed by atoms with Gasteiger partial charge < -0.3 is 59.2 Å². The first-order valence-electron chi connectivity index (χ1n) is 30.3. The van der Waals surface area contributed by atoms with Crippen molar-refractivity contribution < 1.29 is 93.5 Å². The van der Waals surface area contributed by atoms with Crippen molar-refractivity contribution in [3.05, 3.63) is 59.4 Å². The first-order chi connectivity index (χ1) is 45.0. The number of imidazole rings is 2. The van der Waals surface area contributed by atoms with Gasteiger partial charge in [0.05, 0.1) is 50.2 Å². The van der Waals surface area contributed by atoms with Gasteiger partial charge in [0, 0.05) is 50.9 Å². The summed E-state index contributed by atoms with van der Waals surface area (Å²) in [5.41, 5.74) is 5.65. The van der Waals surface area contributed by atoms with Crippen LogP contribution in [0.3, 0.4) is 0 Å². The number of fused-ring (bicyclic) bond motifs is 4. The summed E-state index contributed by atoms with van der Waals surface area (Å²) in [5.74, 6) is -3.67. The van der Waals surface area contributed by atoms with Gasteiger partial charge in [0.15, 0.2) is 59.6 Å². The molecule has 0 saturated carbocycles. The molecule has 10 rings (SSSR count). The van der Waals surface area contributed by atoms with Crippen LogP contribution in [-0.4, -0.2) is 185 Å². The molecule has 5 unspecified atom stereocenters. The number of halogens is 2. The number of alkyl halides is 2. The minimum atomic E-state index is -4.84. The first-order valence-corrected chi connectivity index (χ1v) is 37.3. The number of aromatic nitrogens is 8. The van der Waals surface area contributed by atoms with Gasteiger partial charge in [-0.2, -0.15) is 11.8 Å². The van der Waals surface area contributed by atoms with Gasteiger partial charge in [-0.15, -0.1) is 0 Å². The highest BCUT2D eigenvalue weighted by molar-refractivity contribution is 8.54. The van der Waals surface area contributed by atoms with Crippen LogP contribution in [-0.2, 0) is 92.7 Å². The largest absolute Gasteiger partial charge is 0.467 e. The van der Waals surface area contributed by atoms with E-state index in [-0.39, 0.29) is 81.1 Å². The Morgan fingerprint density at radius 1 is 0.851 bits per heavy atom. The lowest BCUT2D eigenvalue weighted by atomic mass is 9.83. The maximum Gasteiger partial charge on any atom is 0.389 e. The van der Waals surface area contributed by atoms with E-state index in [1.165, 1.54) is 59.8 Å². The number of nitrogens with two attached hydrogens (primary N) is 1. The predicted molar refractivity (Wildman–Crippen MR) is 336 cm³/mol. The second-order valence-corrected chi connectivity index (χ2v) is 30.8. The van der Waals surface area contributed by atoms with E-state index in [0.29, 0.717) is 68.6 Å². The summed E-state index contributed by atoms with van der Waals surface area (Å²) in [5, 5.41) is 5.45. The zero-order valence-corrected chi connectivity index (χ0v) is 55.8. The average Bonchev–Trinajstić information content (AvgIpc) is 1.57. The Labute approximate surface area is 549 Å². The second kappa shape index (κ2) is 30.9. The SMILES string of the molecule is COC(=O)C1O[C@@H](Oc2ccc(CSP3(=O)OC[C@H]4O[C@@H](n5cnc6c(N)ncnc65)[C@H](F)[C@@H]4OP(O)(=S)OC[C@H]4O[C@@H](n5cnc6c(=O)[nH]cnc65)[C@H](F)[C@@H]4O3)cc2NC(=O)CCCCCNC(=O)CCCCCCN2C(=O)CC(SC)C2=O)C(OC(C)=O)[C@@H](C)[C@@H]1C. The van der Waals surface area contributed by atoms with Gasteiger partial charge in [-0.05, 0) is 78.7 Å². The Hall–Kier alpha value is -6.14. The summed E-state index contributed by atoms with van der Waals surface area (Å²) >= 11 is 7.28. The van der Waals surface area contributed by atoms with E-state index in [2.05, 4.69) is 40.5 Å². The van der Waals surface area contributed by atoms with Crippen molar-refractivity contribution in [2.24, 2.45) is 11.8 Å². The van der Waals surface area contributed by atoms with E-state index in [4.69, 9.17) is 64.1 Å². The number of imide groups is 1. The van der Waals surface area contributed by atoms with Gasteiger partial charge in [-0.25, -0.2) is 43.1 Å². The molecule has 4 amide bonds. The molecule has 0 bridgehead atoms. The Bertz CT molecular complexity index is 3770. The number of hydrogen-bond donors (Lipinski definition) is 5. The number of nitrogens with zero attached hydrogens (tertiary/aromatic N) is 8. The number of hydrogen-bond acceptors (Lipinski definition) is 27. The highest BCUT2D eigenvalue weighted by Crippen LogP contribution is 2.65. The van der Waals surface area contributed by atoms with Gasteiger partial charge in [-0.3, -0.25) is 56.4 Å². The Balaban J connectivity index is 0.860. The monoisotopic (exact) mass is 1410 g/mol. The molecule has 94 heavy (non-hydrogen) atoms. The molecule has 0 radical (unpaired) electrons. The van der Waals surface area contributed by atoms with Crippen LogP contribution in [0.25, 0.3) is 22.3 Å². The number of carbonyl (C=O) groups is 6. The zero-order chi connectivity index (χ0) is 67.2. The molecule has 512 valence electrons. The van der Waals surface area contributed by atoms with E-state index in [0.717, 1.165) is 36.4 Å². The number of ether oxygens (including phenoxy) is 6. The van der Waals surface area contributed by atoms with Gasteiger partial charge in [0.2, 0.25) is 29.9 Å². The number of H-pyrrole nitrogens is 1. The van der Waals surface area contributed by atoms with Crippen LogP contribution in [0.5, 0.6) is 5.75 Å². The molecule has 5 saturated heterocycles. The summed E-state index contributed by atoms with van der Waals surface area (Å²) in [6, 6.07) is 4.44. The third kappa shape index (κ3) is 16.3. The highest BCUT2D eigenvalue weighted by Gasteiger charge is 2.55. The van der Waals surface area contributed by atoms with Crippen molar-refractivity contribution in [2.45, 2.75) is 164 Å². The van der Waals surface area contributed by atoms with E-state index >= 15 is 13.3 Å². The summed E-state index contributed by atoms with van der Waals surface area (Å²) < 4.78 is 112. The average molecular weight is 1410 g/mol. The molecule has 6 N–H and O–H groups in total. The molecule has 16 atom stereocenters. The van der Waals surface area contributed by atoms with Crippen LogP contribution in [0.2, 0.25) is 0 Å². The minimum absolute atomic E-state index is 0.00974. The zero-order valence-electron chi connectivity index (χ0n) is 51.6. The van der Waals surface area contributed by atoms with Crippen molar-refractivity contribution in [1.29, 1.82) is 0 Å². The summed E-state index contributed by atoms with van der Waals surface area (Å²) in [4.78, 5) is 125. The van der Waals surface area contributed by atoms with Crippen LogP contribution in [0.4, 0.5) is 20.3 Å². The van der Waals surface area contributed by atoms with E-state index in [1.54, 1.807) is 13.8 Å². The molecule has 38 heteroatoms. The van der Waals surface area contributed by atoms with Gasteiger partial charge in [-0.1, -0.05) is 39.2 Å². The fraction of sp³-hybridized carbons (Fsp3) is 0.607. The molecule has 31 nitrogen and oxygen atoms in total. The van der Waals surface area contributed by atoms with Crippen LogP contribution in [0, 0.1) is 11.8 Å². The third-order valence-corrected chi connectivity index (χ3v) is 22.8. The summed E-state index contributed by atoms with van der Waals surface area (Å²) in [7, 11) is 1.19. The number of anilines is 2. The quantitative estimate of drug-likeness (QED) is 0.0216. The fourth-order valence-electron chi connectivity index (χ4n) is 11.5. The Morgan fingerprint density at radius 3 is 2.20 bits per heavy atom. The lowest BCUT2D eigenvalue weighted by Crippen LogP contribution is -2.55. The third-order valence-electron chi connectivity index (χ3n) is 16.6. The molecular formula is C56H72F2N12O19P2S3. The van der Waals surface area contributed by atoms with Crippen molar-refractivity contribution in [3.8, 4) is 5.75 Å². The van der Waals surface area contributed by atoms with E-state index < -0.39 is 130 Å². The molecule has 0 aliphatic carbocycles. The highest BCUT2D eigenvalue weighted by atomic mass is 32.7. The van der Waals surface area contributed by atoms with Gasteiger partial charge in [0.1, 0.15) is 42.0 Å². The molecule has 0 spiro atoms. The maximum atomic E-state index is 17.3. The number of esters is 2. The smallest absolute Gasteiger partial charge is 0.389 e. The second-order valence-electron chi connectivity index (χ2n) is 23.0. The van der Waals surface area contributed by atoms with Crippen molar-refractivity contribution in [1.82, 2.24) is 49.3 Å². The van der Waals surface area contributed by atoms with E-state index in [9.17, 15) is 38.5 Å². The predicted octanol–water partition coefficient (Wildman–Crippen LogP) is 5.62. The molecule has 5 fully saturated rings. The van der Waals surface area contributed by atoms with E-state index in [1.807, 2.05) is 6.26 Å². The number of benzene rings is 1. The van der Waals surface area contributed by atoms with Crippen molar-refractivity contribution >= 4 is 118 Å². The van der Waals surface area contributed by atoms with Crippen molar-refractivity contribution in [3.63, 3.8) is 0 Å². The summed E-state index contributed by atoms with van der Waals surface area (Å²) in [6.45, 7) is -5.54. The Morgan fingerprint density at radius 2 is 1.51 bits per heavy atom. The lowest BCUT2D eigenvalue weighted by molar-refractivity contribution is -0.248. The van der Waals surface area contributed by atoms with Crippen LogP contribution in [0.15, 0.2) is 48.3 Å². The van der Waals surface area contributed by atoms with Gasteiger partial charge in [0.25, 0.3) is 5.56 Å². The number of amides is 4. The number of thioether (sulfide) groups is 1. The standard InChI is InChI=1S/C56H72F2N12O19P2S3/c1-28-29(2)45(83-30(3)71)56(87-44(28)55(77)80-4)86-33-16-15-31(19-32(33)67-38(73)14-10-8-11-17-60-37(72)13-9-6-7-12-18-68-39(74)20-36(93-5)52(68)76)23-94-91(79)82-22-35-46(40(57)53(85-35)69-26-65-42-48(59)61-24-62-49(42)69)88-90(78,92)81-21-34-47(89-91)41(58)54(84-34)70-27-66-43-50(70)63-25-64-51(43)75/h15-16,19,24-29,34-36,40-41,44-47,53-54,56H,6-14,17-18,20-23H2,1-5H3,(H,60,72)(H,67,73)(H,78,92)(H2,59,61,62)(H,63,64,75)/t28-,29-,34+,35+,36?,40+,41+,44?,45?,46+,47+,53+,54+,56+,90?,91?/m0/s1. The fourth-order valence-corrected chi connectivity index (χ4v) is 16.9. The minimum Gasteiger partial charge on any atom is -0.467 e. The molecule has 5 aromatic rings. The molecule has 9 heterocycles. The number of nitrogen functional groups attached to an aromatic ring is 1. The number of nitrogens with one attached hydrogen (secondary N) is 3. The molecule has 1 aromatic carbocycles. The first kappa shape index (κ1) is 70.7. The van der Waals surface area contributed by atoms with Crippen LogP contribution in [0.1, 0.15) is 103 Å². The molecular weight excluding hydrogens is 1340 g/mol. The summed E-state index contributed by atoms with van der Waals surface area (Å²) in [6.07, 6.45) is -7.05. The normalized spacial score (nSPS) is 30.5. The number of unbranched alkanes of at least 4 members (excludes halogenated alkanes) is 5. The van der Waals surface area contributed by atoms with Crippen LogP contribution < -0.4 is 26.7 Å². The number of rotatable bonds is 24. The molecule has 5 aliphatic rings. The lowest BCUT2D eigenvalue weighted by Gasteiger charge is -2.42. The Kier molecular flexibility index (Phi) is 23.3. The molecule has 5 aliphatic heterocycles. The number of carbonyl (C=O) groups excluding carboxylic acids is 6. The van der Waals surface area contributed by atoms with Crippen molar-refractivity contribution in [2.75, 3.05) is 50.7 Å². The number of aromatic amines is 1. The van der Waals surface area contributed by atoms with Gasteiger partial charge >= 0.3 is 25.5 Å². The molecule has 4 aromatic heterocycles. The topological polar surface area (TPSA) is 393 Å².